The molecule has 6 aromatic rings. The van der Waals surface area contributed by atoms with Crippen molar-refractivity contribution in [3.63, 3.8) is 0 Å². The van der Waals surface area contributed by atoms with E-state index in [1.165, 1.54) is 21.5 Å². The Bertz CT molecular complexity index is 1660. The second kappa shape index (κ2) is 10.4. The molecule has 0 aliphatic heterocycles. The van der Waals surface area contributed by atoms with Crippen LogP contribution in [0.25, 0.3) is 32.0 Å². The zero-order valence-corrected chi connectivity index (χ0v) is 22.1. The molecule has 6 nitrogen and oxygen atoms in total. The number of nitrogens with one attached hydrogen (secondary N) is 2. The zero-order chi connectivity index (χ0) is 25.2. The molecule has 0 amide bonds. The molecule has 0 bridgehead atoms. The number of benzene rings is 3. The van der Waals surface area contributed by atoms with Crippen LogP contribution in [0.5, 0.6) is 5.75 Å². The second-order valence-electron chi connectivity index (χ2n) is 8.88. The number of anilines is 1. The average Bonchev–Trinajstić information content (AvgIpc) is 3.55. The lowest BCUT2D eigenvalue weighted by molar-refractivity contribution is 0.306. The van der Waals surface area contributed by atoms with Crippen LogP contribution < -0.4 is 15.2 Å². The maximum Gasteiger partial charge on any atom is 0.151 e. The Morgan fingerprint density at radius 3 is 2.73 bits per heavy atom. The number of nitrogen functional groups attached to an aromatic ring is 1. The smallest absolute Gasteiger partial charge is 0.151 e. The fourth-order valence-corrected chi connectivity index (χ4v) is 6.04. The number of ether oxygens (including phenoxy) is 1. The molecule has 0 aliphatic carbocycles. The van der Waals surface area contributed by atoms with Crippen LogP contribution >= 0.6 is 23.3 Å². The van der Waals surface area contributed by atoms with Gasteiger partial charge >= 0.3 is 0 Å². The van der Waals surface area contributed by atoms with Gasteiger partial charge in [0.15, 0.2) is 5.82 Å². The second-order valence-corrected chi connectivity index (χ2v) is 10.9. The largest absolute Gasteiger partial charge is 0.489 e. The highest BCUT2D eigenvalue weighted by Crippen LogP contribution is 2.34. The normalized spacial score (nSPS) is 11.6. The highest BCUT2D eigenvalue weighted by molar-refractivity contribution is 7.97. The molecule has 6 rings (SSSR count). The lowest BCUT2D eigenvalue weighted by Crippen LogP contribution is -2.08. The van der Waals surface area contributed by atoms with E-state index in [-0.39, 0.29) is 0 Å². The van der Waals surface area contributed by atoms with Crippen molar-refractivity contribution in [2.24, 2.45) is 0 Å². The van der Waals surface area contributed by atoms with Crippen molar-refractivity contribution in [2.75, 3.05) is 12.3 Å². The Balaban J connectivity index is 1.03. The number of hydrogen-bond donors (Lipinski definition) is 3. The summed E-state index contributed by atoms with van der Waals surface area (Å²) >= 11 is 3.33. The number of aromatic nitrogens is 3. The van der Waals surface area contributed by atoms with Gasteiger partial charge in [0.1, 0.15) is 17.9 Å². The van der Waals surface area contributed by atoms with E-state index in [0.717, 1.165) is 56.8 Å². The molecular formula is C29H27N5OS2. The van der Waals surface area contributed by atoms with Crippen molar-refractivity contribution in [3.8, 4) is 5.75 Å². The number of nitrogens with two attached hydrogens (primary N) is 1. The average molecular weight is 526 g/mol. The Hall–Kier alpha value is -3.59. The molecule has 3 heterocycles. The van der Waals surface area contributed by atoms with Gasteiger partial charge in [-0.2, -0.15) is 0 Å². The van der Waals surface area contributed by atoms with Gasteiger partial charge in [0, 0.05) is 40.5 Å². The van der Waals surface area contributed by atoms with Gasteiger partial charge in [-0.1, -0.05) is 37.3 Å². The number of thiazole rings is 1. The first kappa shape index (κ1) is 23.8. The van der Waals surface area contributed by atoms with Gasteiger partial charge in [-0.15, -0.1) is 11.3 Å². The van der Waals surface area contributed by atoms with Crippen LogP contribution in [0.4, 0.5) is 5.82 Å². The molecule has 0 radical (unpaired) electrons. The first-order valence-electron chi connectivity index (χ1n) is 12.3. The topological polar surface area (TPSA) is 88.8 Å². The van der Waals surface area contributed by atoms with Crippen LogP contribution in [0.1, 0.15) is 23.2 Å². The first-order chi connectivity index (χ1) is 18.2. The van der Waals surface area contributed by atoms with E-state index in [4.69, 9.17) is 10.5 Å². The number of H-pyrrole nitrogens is 1. The highest BCUT2D eigenvalue weighted by atomic mass is 32.2. The summed E-state index contributed by atoms with van der Waals surface area (Å²) in [5.74, 6) is 1.25. The third-order valence-corrected chi connectivity index (χ3v) is 8.36. The first-order valence-corrected chi connectivity index (χ1v) is 14.0. The van der Waals surface area contributed by atoms with E-state index in [1.807, 2.05) is 12.1 Å². The van der Waals surface area contributed by atoms with Gasteiger partial charge in [0.25, 0.3) is 0 Å². The summed E-state index contributed by atoms with van der Waals surface area (Å²) < 4.78 is 10.6. The fraction of sp³-hybridized carbons (Fsp3) is 0.172. The van der Waals surface area contributed by atoms with E-state index in [0.29, 0.717) is 12.4 Å². The Kier molecular flexibility index (Phi) is 6.70. The van der Waals surface area contributed by atoms with Crippen LogP contribution in [-0.2, 0) is 19.4 Å². The SMILES string of the molecule is CCc1nc2c(N)nc3cc(OCc4ccc(SNCCc5cc6ccccc6[nH]5)cc4)ccc3c2s1. The summed E-state index contributed by atoms with van der Waals surface area (Å²) in [5, 5.41) is 3.39. The predicted molar refractivity (Wildman–Crippen MR) is 155 cm³/mol. The van der Waals surface area contributed by atoms with Crippen molar-refractivity contribution in [1.82, 2.24) is 19.7 Å². The number of aryl methyl sites for hydroxylation is 1. The van der Waals surface area contributed by atoms with Crippen LogP contribution in [0.3, 0.4) is 0 Å². The Labute approximate surface area is 223 Å². The summed E-state index contributed by atoms with van der Waals surface area (Å²) in [4.78, 5) is 13.8. The minimum absolute atomic E-state index is 0.471. The summed E-state index contributed by atoms with van der Waals surface area (Å²) in [6, 6.07) is 25.0. The molecule has 0 atom stereocenters. The molecule has 0 aliphatic rings. The van der Waals surface area contributed by atoms with Gasteiger partial charge < -0.3 is 15.5 Å². The number of hydrogen-bond acceptors (Lipinski definition) is 7. The quantitative estimate of drug-likeness (QED) is 0.141. The zero-order valence-electron chi connectivity index (χ0n) is 20.5. The fourth-order valence-electron chi connectivity index (χ4n) is 4.35. The van der Waals surface area contributed by atoms with E-state index >= 15 is 0 Å². The molecule has 8 heteroatoms. The van der Waals surface area contributed by atoms with Crippen molar-refractivity contribution in [1.29, 1.82) is 0 Å². The lowest BCUT2D eigenvalue weighted by Gasteiger charge is -2.09. The number of aromatic amines is 1. The minimum Gasteiger partial charge on any atom is -0.489 e. The Morgan fingerprint density at radius 2 is 1.89 bits per heavy atom. The molecule has 0 fully saturated rings. The van der Waals surface area contributed by atoms with E-state index in [1.54, 1.807) is 23.3 Å². The number of pyridine rings is 1. The van der Waals surface area contributed by atoms with Crippen molar-refractivity contribution in [3.05, 3.63) is 89.1 Å². The molecule has 37 heavy (non-hydrogen) atoms. The van der Waals surface area contributed by atoms with E-state index in [9.17, 15) is 0 Å². The molecular weight excluding hydrogens is 498 g/mol. The lowest BCUT2D eigenvalue weighted by atomic mass is 10.2. The van der Waals surface area contributed by atoms with Gasteiger partial charge in [0.2, 0.25) is 0 Å². The standard InChI is InChI=1S/C29H27N5OS2/c1-2-26-34-27-28(36-26)23-12-9-21(16-25(23)33-29(27)30)35-17-18-7-10-22(11-8-18)37-31-14-13-20-15-19-5-3-4-6-24(19)32-20/h3-12,15-16,31-32H,2,13-14,17H2,1H3,(H2,30,33). The van der Waals surface area contributed by atoms with Crippen molar-refractivity contribution < 1.29 is 4.74 Å². The summed E-state index contributed by atoms with van der Waals surface area (Å²) in [7, 11) is 0. The minimum atomic E-state index is 0.471. The third-order valence-electron chi connectivity index (χ3n) is 6.27. The molecule has 3 aromatic carbocycles. The van der Waals surface area contributed by atoms with E-state index < -0.39 is 0 Å². The summed E-state index contributed by atoms with van der Waals surface area (Å²) in [6.07, 6.45) is 1.84. The molecule has 3 aromatic heterocycles. The number of rotatable bonds is 9. The van der Waals surface area contributed by atoms with Crippen LogP contribution in [0.15, 0.2) is 77.7 Å². The summed E-state index contributed by atoms with van der Waals surface area (Å²) in [6.45, 7) is 3.47. The summed E-state index contributed by atoms with van der Waals surface area (Å²) in [5.41, 5.74) is 11.4. The maximum absolute atomic E-state index is 6.19. The van der Waals surface area contributed by atoms with Crippen LogP contribution in [0, 0.1) is 0 Å². The van der Waals surface area contributed by atoms with E-state index in [2.05, 4.69) is 87.3 Å². The molecule has 0 saturated carbocycles. The van der Waals surface area contributed by atoms with Gasteiger partial charge in [-0.3, -0.25) is 4.72 Å². The number of nitrogens with zero attached hydrogens (tertiary/aromatic N) is 2. The van der Waals surface area contributed by atoms with Crippen molar-refractivity contribution >= 4 is 61.1 Å². The molecule has 0 spiro atoms. The molecule has 0 saturated heterocycles. The van der Waals surface area contributed by atoms with Crippen LogP contribution in [0.2, 0.25) is 0 Å². The Morgan fingerprint density at radius 1 is 1.03 bits per heavy atom. The number of fused-ring (bicyclic) bond motifs is 4. The van der Waals surface area contributed by atoms with Gasteiger partial charge in [-0.25, -0.2) is 9.97 Å². The third kappa shape index (κ3) is 5.13. The van der Waals surface area contributed by atoms with Crippen molar-refractivity contribution in [2.45, 2.75) is 31.3 Å². The molecule has 0 unspecified atom stereocenters. The molecule has 4 N–H and O–H groups in total. The molecule has 186 valence electrons. The van der Waals surface area contributed by atoms with Gasteiger partial charge in [-0.05, 0) is 65.7 Å². The number of para-hydroxylation sites is 1. The maximum atomic E-state index is 6.19. The van der Waals surface area contributed by atoms with Gasteiger partial charge in [0.05, 0.1) is 15.2 Å². The highest BCUT2D eigenvalue weighted by Gasteiger charge is 2.12. The predicted octanol–water partition coefficient (Wildman–Crippen LogP) is 6.89. The monoisotopic (exact) mass is 525 g/mol. The van der Waals surface area contributed by atoms with Crippen LogP contribution in [-0.4, -0.2) is 21.5 Å².